The third-order valence-corrected chi connectivity index (χ3v) is 2.47. The molecule has 0 saturated heterocycles. The SMILES string of the molecule is Cc1nc(C(=O)Nc2cccc(C)c2C(=O)O)no1. The molecule has 7 nitrogen and oxygen atoms in total. The fraction of sp³-hybridized carbons (Fsp3) is 0.167. The molecule has 19 heavy (non-hydrogen) atoms. The predicted octanol–water partition coefficient (Wildman–Crippen LogP) is 1.64. The zero-order valence-electron chi connectivity index (χ0n) is 10.3. The highest BCUT2D eigenvalue weighted by Crippen LogP contribution is 2.20. The van der Waals surface area contributed by atoms with Gasteiger partial charge in [-0.25, -0.2) is 4.79 Å². The van der Waals surface area contributed by atoms with E-state index in [1.807, 2.05) is 0 Å². The predicted molar refractivity (Wildman–Crippen MR) is 65.1 cm³/mol. The number of aromatic nitrogens is 2. The largest absolute Gasteiger partial charge is 0.478 e. The molecule has 7 heteroatoms. The molecule has 98 valence electrons. The molecular formula is C12H11N3O4. The number of hydrogen-bond acceptors (Lipinski definition) is 5. The summed E-state index contributed by atoms with van der Waals surface area (Å²) in [5, 5.41) is 15.1. The minimum atomic E-state index is -1.11. The Bertz CT molecular complexity index is 648. The first-order chi connectivity index (χ1) is 8.99. The topological polar surface area (TPSA) is 105 Å². The number of amides is 1. The smallest absolute Gasteiger partial charge is 0.338 e. The van der Waals surface area contributed by atoms with Gasteiger partial charge < -0.3 is 14.9 Å². The van der Waals surface area contributed by atoms with Gasteiger partial charge in [-0.15, -0.1) is 0 Å². The van der Waals surface area contributed by atoms with Crippen LogP contribution >= 0.6 is 0 Å². The molecule has 0 aliphatic carbocycles. The van der Waals surface area contributed by atoms with E-state index in [0.29, 0.717) is 5.56 Å². The van der Waals surface area contributed by atoms with Crippen LogP contribution in [-0.2, 0) is 0 Å². The van der Waals surface area contributed by atoms with Crippen molar-refractivity contribution in [3.63, 3.8) is 0 Å². The van der Waals surface area contributed by atoms with Crippen molar-refractivity contribution in [2.24, 2.45) is 0 Å². The Balaban J connectivity index is 2.31. The average molecular weight is 261 g/mol. The third-order valence-electron chi connectivity index (χ3n) is 2.47. The van der Waals surface area contributed by atoms with Gasteiger partial charge in [0.25, 0.3) is 11.7 Å². The van der Waals surface area contributed by atoms with Gasteiger partial charge in [-0.05, 0) is 18.6 Å². The molecule has 0 unspecified atom stereocenters. The number of carbonyl (C=O) groups is 2. The minimum absolute atomic E-state index is 0.0380. The van der Waals surface area contributed by atoms with Gasteiger partial charge in [0.15, 0.2) is 0 Å². The van der Waals surface area contributed by atoms with Crippen LogP contribution in [0.15, 0.2) is 22.7 Å². The fourth-order valence-electron chi connectivity index (χ4n) is 1.63. The molecule has 0 atom stereocenters. The van der Waals surface area contributed by atoms with Gasteiger partial charge in [-0.2, -0.15) is 4.98 Å². The van der Waals surface area contributed by atoms with Gasteiger partial charge in [-0.1, -0.05) is 17.3 Å². The van der Waals surface area contributed by atoms with Crippen molar-refractivity contribution in [3.05, 3.63) is 41.0 Å². The van der Waals surface area contributed by atoms with Crippen LogP contribution in [-0.4, -0.2) is 27.1 Å². The van der Waals surface area contributed by atoms with Crippen molar-refractivity contribution in [2.45, 2.75) is 13.8 Å². The Hall–Kier alpha value is -2.70. The molecule has 1 amide bonds. The van der Waals surface area contributed by atoms with Gasteiger partial charge in [0, 0.05) is 6.92 Å². The Morgan fingerprint density at radius 3 is 2.63 bits per heavy atom. The first-order valence-corrected chi connectivity index (χ1v) is 5.43. The van der Waals surface area contributed by atoms with Crippen LogP contribution in [0, 0.1) is 13.8 Å². The molecule has 0 saturated carbocycles. The van der Waals surface area contributed by atoms with Gasteiger partial charge in [0.1, 0.15) is 0 Å². The number of aromatic carboxylic acids is 1. The maximum atomic E-state index is 11.8. The molecule has 2 rings (SSSR count). The van der Waals surface area contributed by atoms with Crippen LogP contribution in [0.1, 0.15) is 32.4 Å². The first-order valence-electron chi connectivity index (χ1n) is 5.43. The first kappa shape index (κ1) is 12.7. The standard InChI is InChI=1S/C12H11N3O4/c1-6-4-3-5-8(9(6)12(17)18)14-11(16)10-13-7(2)19-15-10/h3-5H,1-2H3,(H,14,16)(H,17,18). The van der Waals surface area contributed by atoms with E-state index in [9.17, 15) is 9.59 Å². The Kier molecular flexibility index (Phi) is 3.28. The zero-order chi connectivity index (χ0) is 14.0. The molecule has 1 aromatic heterocycles. The Morgan fingerprint density at radius 2 is 2.05 bits per heavy atom. The molecule has 0 bridgehead atoms. The lowest BCUT2D eigenvalue weighted by atomic mass is 10.1. The number of nitrogens with one attached hydrogen (secondary N) is 1. The number of carboxylic acids is 1. The summed E-state index contributed by atoms with van der Waals surface area (Å²) >= 11 is 0. The molecule has 1 heterocycles. The Labute approximate surface area is 108 Å². The average Bonchev–Trinajstić information content (AvgIpc) is 2.75. The summed E-state index contributed by atoms with van der Waals surface area (Å²) in [7, 11) is 0. The molecule has 0 fully saturated rings. The van der Waals surface area contributed by atoms with Gasteiger partial charge >= 0.3 is 5.97 Å². The monoisotopic (exact) mass is 261 g/mol. The number of aryl methyl sites for hydroxylation is 2. The van der Waals surface area contributed by atoms with E-state index >= 15 is 0 Å². The van der Waals surface area contributed by atoms with E-state index < -0.39 is 11.9 Å². The van der Waals surface area contributed by atoms with Crippen LogP contribution in [0.4, 0.5) is 5.69 Å². The van der Waals surface area contributed by atoms with Crippen LogP contribution in [0.2, 0.25) is 0 Å². The van der Waals surface area contributed by atoms with Crippen molar-refractivity contribution in [3.8, 4) is 0 Å². The normalized spacial score (nSPS) is 10.2. The van der Waals surface area contributed by atoms with Crippen LogP contribution in [0.3, 0.4) is 0 Å². The number of carbonyl (C=O) groups excluding carboxylic acids is 1. The van der Waals surface area contributed by atoms with Crippen molar-refractivity contribution < 1.29 is 19.2 Å². The van der Waals surface area contributed by atoms with Crippen molar-refractivity contribution in [1.29, 1.82) is 0 Å². The van der Waals surface area contributed by atoms with Gasteiger partial charge in [-0.3, -0.25) is 4.79 Å². The maximum Gasteiger partial charge on any atom is 0.338 e. The number of carboxylic acid groups (broad SMARTS) is 1. The lowest BCUT2D eigenvalue weighted by Crippen LogP contribution is -2.16. The van der Waals surface area contributed by atoms with E-state index in [-0.39, 0.29) is 23.0 Å². The minimum Gasteiger partial charge on any atom is -0.478 e. The van der Waals surface area contributed by atoms with Crippen LogP contribution in [0.25, 0.3) is 0 Å². The number of anilines is 1. The number of benzene rings is 1. The summed E-state index contributed by atoms with van der Waals surface area (Å²) in [5.74, 6) is -1.62. The quantitative estimate of drug-likeness (QED) is 0.870. The summed E-state index contributed by atoms with van der Waals surface area (Å²) in [6.45, 7) is 3.21. The number of rotatable bonds is 3. The van der Waals surface area contributed by atoms with Gasteiger partial charge in [0.2, 0.25) is 5.89 Å². The molecule has 0 spiro atoms. The zero-order valence-corrected chi connectivity index (χ0v) is 10.3. The van der Waals surface area contributed by atoms with Gasteiger partial charge in [0.05, 0.1) is 11.3 Å². The van der Waals surface area contributed by atoms with Crippen molar-refractivity contribution >= 4 is 17.6 Å². The molecular weight excluding hydrogens is 250 g/mol. The summed E-state index contributed by atoms with van der Waals surface area (Å²) in [4.78, 5) is 26.8. The molecule has 2 N–H and O–H groups in total. The summed E-state index contributed by atoms with van der Waals surface area (Å²) in [5.41, 5.74) is 0.783. The van der Waals surface area contributed by atoms with E-state index in [2.05, 4.69) is 20.0 Å². The third kappa shape index (κ3) is 2.59. The fourth-order valence-corrected chi connectivity index (χ4v) is 1.63. The molecule has 0 aliphatic heterocycles. The summed E-state index contributed by atoms with van der Waals surface area (Å²) in [6.07, 6.45) is 0. The van der Waals surface area contributed by atoms with Crippen LogP contribution in [0.5, 0.6) is 0 Å². The lowest BCUT2D eigenvalue weighted by molar-refractivity contribution is 0.0697. The molecule has 2 aromatic rings. The van der Waals surface area contributed by atoms with E-state index in [1.54, 1.807) is 26.0 Å². The van der Waals surface area contributed by atoms with E-state index in [4.69, 9.17) is 5.11 Å². The maximum absolute atomic E-state index is 11.8. The highest BCUT2D eigenvalue weighted by Gasteiger charge is 2.18. The second-order valence-electron chi connectivity index (χ2n) is 3.89. The van der Waals surface area contributed by atoms with Crippen LogP contribution < -0.4 is 5.32 Å². The highest BCUT2D eigenvalue weighted by atomic mass is 16.5. The second-order valence-corrected chi connectivity index (χ2v) is 3.89. The number of nitrogens with zero attached hydrogens (tertiary/aromatic N) is 2. The lowest BCUT2D eigenvalue weighted by Gasteiger charge is -2.08. The summed E-state index contributed by atoms with van der Waals surface area (Å²) < 4.78 is 4.69. The molecule has 0 aliphatic rings. The van der Waals surface area contributed by atoms with Crippen molar-refractivity contribution in [2.75, 3.05) is 5.32 Å². The van der Waals surface area contributed by atoms with Crippen molar-refractivity contribution in [1.82, 2.24) is 10.1 Å². The van der Waals surface area contributed by atoms with E-state index in [1.165, 1.54) is 6.07 Å². The molecule has 0 radical (unpaired) electrons. The number of hydrogen-bond donors (Lipinski definition) is 2. The van der Waals surface area contributed by atoms with E-state index in [0.717, 1.165) is 0 Å². The molecule has 1 aromatic carbocycles. The second kappa shape index (κ2) is 4.89. The highest BCUT2D eigenvalue weighted by molar-refractivity contribution is 6.06. The Morgan fingerprint density at radius 1 is 1.32 bits per heavy atom. The summed E-state index contributed by atoms with van der Waals surface area (Å²) in [6, 6.07) is 4.80.